The van der Waals surface area contributed by atoms with E-state index in [-0.39, 0.29) is 5.78 Å². The number of ketones is 1. The molecule has 0 heterocycles. The van der Waals surface area contributed by atoms with Crippen LogP contribution in [-0.2, 0) is 0 Å². The zero-order chi connectivity index (χ0) is 13.3. The third-order valence-corrected chi connectivity index (χ3v) is 3.96. The van der Waals surface area contributed by atoms with Crippen molar-refractivity contribution in [2.45, 2.75) is 46.5 Å². The van der Waals surface area contributed by atoms with E-state index in [1.54, 1.807) is 6.92 Å². The topological polar surface area (TPSA) is 17.1 Å². The molecule has 0 saturated heterocycles. The van der Waals surface area contributed by atoms with E-state index in [1.165, 1.54) is 24.0 Å². The number of hydrogen-bond donors (Lipinski definition) is 0. The lowest BCUT2D eigenvalue weighted by molar-refractivity contribution is 0.101. The summed E-state index contributed by atoms with van der Waals surface area (Å²) in [7, 11) is 0. The summed E-state index contributed by atoms with van der Waals surface area (Å²) in [5.41, 5.74) is 3.93. The maximum atomic E-state index is 11.3. The Labute approximate surface area is 110 Å². The number of carbonyl (C=O) groups is 1. The van der Waals surface area contributed by atoms with E-state index in [2.05, 4.69) is 39.0 Å². The van der Waals surface area contributed by atoms with Gasteiger partial charge in [-0.1, -0.05) is 49.8 Å². The predicted molar refractivity (Wildman–Crippen MR) is 76.0 cm³/mol. The van der Waals surface area contributed by atoms with E-state index in [1.807, 2.05) is 12.1 Å². The van der Waals surface area contributed by atoms with Gasteiger partial charge in [-0.2, -0.15) is 0 Å². The first kappa shape index (κ1) is 13.1. The lowest BCUT2D eigenvalue weighted by Crippen LogP contribution is -2.18. The summed E-state index contributed by atoms with van der Waals surface area (Å²) in [6.07, 6.45) is 4.83. The van der Waals surface area contributed by atoms with E-state index in [4.69, 9.17) is 0 Å². The maximum Gasteiger partial charge on any atom is 0.159 e. The standard InChI is InChI=1S/C17H22O/c1-12-11-17(3,4)10-9-16(12)15-7-5-14(6-8-15)13(2)18/h5-8,11,16H,9-10H2,1-4H3. The highest BCUT2D eigenvalue weighted by Crippen LogP contribution is 2.41. The predicted octanol–water partition coefficient (Wildman–Crippen LogP) is 4.74. The number of Topliss-reactive ketones (excluding diaryl/α,β-unsaturated/α-hetero) is 1. The summed E-state index contributed by atoms with van der Waals surface area (Å²) in [5, 5.41) is 0. The average molecular weight is 242 g/mol. The van der Waals surface area contributed by atoms with Crippen LogP contribution >= 0.6 is 0 Å². The van der Waals surface area contributed by atoms with Crippen molar-refractivity contribution in [3.8, 4) is 0 Å². The molecule has 2 rings (SSSR count). The van der Waals surface area contributed by atoms with Gasteiger partial charge in [-0.3, -0.25) is 4.79 Å². The Morgan fingerprint density at radius 3 is 2.33 bits per heavy atom. The van der Waals surface area contributed by atoms with Gasteiger partial charge < -0.3 is 0 Å². The first-order valence-corrected chi connectivity index (χ1v) is 6.69. The van der Waals surface area contributed by atoms with Gasteiger partial charge in [0.1, 0.15) is 0 Å². The molecule has 0 aromatic heterocycles. The Morgan fingerprint density at radius 2 is 1.83 bits per heavy atom. The van der Waals surface area contributed by atoms with E-state index in [0.717, 1.165) is 5.56 Å². The van der Waals surface area contributed by atoms with Gasteiger partial charge in [0.05, 0.1) is 0 Å². The highest BCUT2D eigenvalue weighted by atomic mass is 16.1. The molecule has 1 aromatic rings. The second kappa shape index (κ2) is 4.72. The van der Waals surface area contributed by atoms with Gasteiger partial charge in [0.25, 0.3) is 0 Å². The van der Waals surface area contributed by atoms with Crippen LogP contribution in [0.25, 0.3) is 0 Å². The van der Waals surface area contributed by atoms with Gasteiger partial charge in [-0.25, -0.2) is 0 Å². The molecule has 0 radical (unpaired) electrons. The molecule has 1 aromatic carbocycles. The van der Waals surface area contributed by atoms with Crippen LogP contribution in [-0.4, -0.2) is 5.78 Å². The zero-order valence-corrected chi connectivity index (χ0v) is 11.8. The van der Waals surface area contributed by atoms with Gasteiger partial charge in [-0.15, -0.1) is 0 Å². The average Bonchev–Trinajstić information content (AvgIpc) is 2.28. The maximum absolute atomic E-state index is 11.3. The molecule has 1 aliphatic carbocycles. The molecule has 1 nitrogen and oxygen atoms in total. The van der Waals surface area contributed by atoms with Crippen molar-refractivity contribution in [3.63, 3.8) is 0 Å². The number of allylic oxidation sites excluding steroid dienone is 2. The molecular weight excluding hydrogens is 220 g/mol. The van der Waals surface area contributed by atoms with Crippen LogP contribution in [0, 0.1) is 5.41 Å². The lowest BCUT2D eigenvalue weighted by Gasteiger charge is -2.32. The minimum Gasteiger partial charge on any atom is -0.295 e. The van der Waals surface area contributed by atoms with Crippen LogP contribution in [0.1, 0.15) is 62.4 Å². The van der Waals surface area contributed by atoms with Crippen molar-refractivity contribution in [1.29, 1.82) is 0 Å². The molecule has 18 heavy (non-hydrogen) atoms. The molecule has 1 aliphatic rings. The monoisotopic (exact) mass is 242 g/mol. The molecule has 0 spiro atoms. The Kier molecular flexibility index (Phi) is 3.43. The normalized spacial score (nSPS) is 22.4. The quantitative estimate of drug-likeness (QED) is 0.541. The Balaban J connectivity index is 2.25. The SMILES string of the molecule is CC(=O)c1ccc(C2CCC(C)(C)C=C2C)cc1. The molecule has 0 saturated carbocycles. The first-order chi connectivity index (χ1) is 8.39. The molecular formula is C17H22O. The number of rotatable bonds is 2. The highest BCUT2D eigenvalue weighted by molar-refractivity contribution is 5.94. The summed E-state index contributed by atoms with van der Waals surface area (Å²) in [5.74, 6) is 0.664. The van der Waals surface area contributed by atoms with Crippen LogP contribution in [0.15, 0.2) is 35.9 Å². The van der Waals surface area contributed by atoms with Crippen molar-refractivity contribution in [2.75, 3.05) is 0 Å². The molecule has 96 valence electrons. The molecule has 1 heteroatoms. The van der Waals surface area contributed by atoms with Crippen LogP contribution in [0.5, 0.6) is 0 Å². The molecule has 0 N–H and O–H groups in total. The molecule has 1 atom stereocenters. The fourth-order valence-corrected chi connectivity index (χ4v) is 2.91. The third kappa shape index (κ3) is 2.72. The van der Waals surface area contributed by atoms with Crippen molar-refractivity contribution in [2.24, 2.45) is 5.41 Å². The second-order valence-electron chi connectivity index (χ2n) is 6.15. The van der Waals surface area contributed by atoms with Crippen LogP contribution in [0.4, 0.5) is 0 Å². The van der Waals surface area contributed by atoms with Gasteiger partial charge in [0, 0.05) is 11.5 Å². The van der Waals surface area contributed by atoms with Crippen molar-refractivity contribution in [1.82, 2.24) is 0 Å². The van der Waals surface area contributed by atoms with Crippen LogP contribution in [0.2, 0.25) is 0 Å². The Hall–Kier alpha value is -1.37. The van der Waals surface area contributed by atoms with Crippen molar-refractivity contribution >= 4 is 5.78 Å². The van der Waals surface area contributed by atoms with Crippen molar-refractivity contribution in [3.05, 3.63) is 47.0 Å². The van der Waals surface area contributed by atoms with Gasteiger partial charge >= 0.3 is 0 Å². The van der Waals surface area contributed by atoms with Gasteiger partial charge in [0.15, 0.2) is 5.78 Å². The summed E-state index contributed by atoms with van der Waals surface area (Å²) in [4.78, 5) is 11.3. The molecule has 0 aliphatic heterocycles. The minimum absolute atomic E-state index is 0.138. The van der Waals surface area contributed by atoms with Crippen LogP contribution < -0.4 is 0 Å². The van der Waals surface area contributed by atoms with Gasteiger partial charge in [-0.05, 0) is 37.7 Å². The largest absolute Gasteiger partial charge is 0.295 e. The lowest BCUT2D eigenvalue weighted by atomic mass is 9.73. The van der Waals surface area contributed by atoms with E-state index < -0.39 is 0 Å². The molecule has 0 fully saturated rings. The summed E-state index contributed by atoms with van der Waals surface area (Å²) < 4.78 is 0. The van der Waals surface area contributed by atoms with E-state index in [9.17, 15) is 4.79 Å². The third-order valence-electron chi connectivity index (χ3n) is 3.96. The minimum atomic E-state index is 0.138. The fourth-order valence-electron chi connectivity index (χ4n) is 2.91. The molecule has 0 amide bonds. The first-order valence-electron chi connectivity index (χ1n) is 6.69. The van der Waals surface area contributed by atoms with Crippen LogP contribution in [0.3, 0.4) is 0 Å². The number of benzene rings is 1. The Morgan fingerprint density at radius 1 is 1.22 bits per heavy atom. The zero-order valence-electron chi connectivity index (χ0n) is 11.8. The summed E-state index contributed by atoms with van der Waals surface area (Å²) >= 11 is 0. The molecule has 1 unspecified atom stereocenters. The van der Waals surface area contributed by atoms with E-state index >= 15 is 0 Å². The number of carbonyl (C=O) groups excluding carboxylic acids is 1. The van der Waals surface area contributed by atoms with Gasteiger partial charge in [0.2, 0.25) is 0 Å². The highest BCUT2D eigenvalue weighted by Gasteiger charge is 2.26. The Bertz CT molecular complexity index is 477. The summed E-state index contributed by atoms with van der Waals surface area (Å²) in [6.45, 7) is 8.44. The molecule has 0 bridgehead atoms. The van der Waals surface area contributed by atoms with E-state index in [0.29, 0.717) is 11.3 Å². The summed E-state index contributed by atoms with van der Waals surface area (Å²) in [6, 6.07) is 8.11. The number of hydrogen-bond acceptors (Lipinski definition) is 1. The second-order valence-corrected chi connectivity index (χ2v) is 6.15. The fraction of sp³-hybridized carbons (Fsp3) is 0.471. The smallest absolute Gasteiger partial charge is 0.159 e. The van der Waals surface area contributed by atoms with Crippen molar-refractivity contribution < 1.29 is 4.79 Å².